The zero-order valence-corrected chi connectivity index (χ0v) is 19.0. The number of thioether (sulfide) groups is 1. The molecule has 0 saturated carbocycles. The lowest BCUT2D eigenvalue weighted by Crippen LogP contribution is -2.35. The van der Waals surface area contributed by atoms with E-state index in [4.69, 9.17) is 0 Å². The molecule has 0 spiro atoms. The van der Waals surface area contributed by atoms with Gasteiger partial charge in [0.1, 0.15) is 12.7 Å². The van der Waals surface area contributed by atoms with Crippen molar-refractivity contribution in [3.8, 4) is 5.69 Å². The molecule has 3 aromatic heterocycles. The first-order valence-corrected chi connectivity index (χ1v) is 11.7. The van der Waals surface area contributed by atoms with Gasteiger partial charge >= 0.3 is 5.69 Å². The van der Waals surface area contributed by atoms with E-state index in [1.54, 1.807) is 35.0 Å². The van der Waals surface area contributed by atoms with E-state index >= 15 is 0 Å². The van der Waals surface area contributed by atoms with Crippen LogP contribution in [0.1, 0.15) is 12.8 Å². The van der Waals surface area contributed by atoms with Crippen molar-refractivity contribution >= 4 is 34.8 Å². The van der Waals surface area contributed by atoms with Crippen LogP contribution < -0.4 is 10.2 Å². The molecule has 5 rings (SSSR count). The summed E-state index contributed by atoms with van der Waals surface area (Å²) in [5.41, 5.74) is 1.55. The van der Waals surface area contributed by atoms with E-state index in [1.165, 1.54) is 12.4 Å². The summed E-state index contributed by atoms with van der Waals surface area (Å²) in [6.07, 6.45) is 6.67. The highest BCUT2D eigenvalue weighted by Gasteiger charge is 2.27. The van der Waals surface area contributed by atoms with Gasteiger partial charge in [0.25, 0.3) is 0 Å². The predicted molar refractivity (Wildman–Crippen MR) is 129 cm³/mol. The molecule has 0 unspecified atom stereocenters. The van der Waals surface area contributed by atoms with Crippen LogP contribution in [0.4, 0.5) is 23.0 Å². The molecule has 0 aliphatic carbocycles. The molecule has 11 heteroatoms. The van der Waals surface area contributed by atoms with Gasteiger partial charge in [0.2, 0.25) is 5.82 Å². The monoisotopic (exact) mass is 473 g/mol. The average molecular weight is 474 g/mol. The van der Waals surface area contributed by atoms with Gasteiger partial charge in [-0.25, -0.2) is 25.0 Å². The number of hydrogen-bond acceptors (Lipinski definition) is 8. The van der Waals surface area contributed by atoms with E-state index in [9.17, 15) is 10.1 Å². The summed E-state index contributed by atoms with van der Waals surface area (Å²) in [6.45, 7) is 1.38. The molecule has 34 heavy (non-hydrogen) atoms. The summed E-state index contributed by atoms with van der Waals surface area (Å²) in [5.74, 6) is 0.797. The number of nitrogens with zero attached hydrogens (tertiary/aromatic N) is 8. The molecule has 10 nitrogen and oxygen atoms in total. The van der Waals surface area contributed by atoms with Gasteiger partial charge in [0.15, 0.2) is 5.82 Å². The topological polar surface area (TPSA) is 117 Å². The molecule has 0 atom stereocenters. The molecule has 1 aliphatic rings. The SMILES string of the molecule is O=[N+]([O-])c1ccc([N]c2ccc(-n3cncn3)cc2)nc1N1CCC(Sc2ccccn2)CC1. The third-order valence-corrected chi connectivity index (χ3v) is 6.77. The van der Waals surface area contributed by atoms with Crippen LogP contribution in [0.5, 0.6) is 0 Å². The molecular weight excluding hydrogens is 452 g/mol. The van der Waals surface area contributed by atoms with Crippen molar-refractivity contribution < 1.29 is 4.92 Å². The fraction of sp³-hybridized carbons (Fsp3) is 0.217. The summed E-state index contributed by atoms with van der Waals surface area (Å²) < 4.78 is 1.65. The van der Waals surface area contributed by atoms with Gasteiger partial charge in [-0.15, -0.1) is 11.8 Å². The normalized spacial score (nSPS) is 14.2. The first kappa shape index (κ1) is 21.8. The molecule has 0 N–H and O–H groups in total. The summed E-state index contributed by atoms with van der Waals surface area (Å²) in [5, 5.41) is 21.8. The van der Waals surface area contributed by atoms with Crippen LogP contribution in [0.15, 0.2) is 78.5 Å². The molecule has 1 aromatic carbocycles. The van der Waals surface area contributed by atoms with Crippen LogP contribution in [-0.2, 0) is 0 Å². The van der Waals surface area contributed by atoms with Gasteiger partial charge in [0.05, 0.1) is 21.3 Å². The Bertz CT molecular complexity index is 1240. The fourth-order valence-corrected chi connectivity index (χ4v) is 4.86. The van der Waals surface area contributed by atoms with E-state index in [0.29, 0.717) is 35.7 Å². The van der Waals surface area contributed by atoms with E-state index in [-0.39, 0.29) is 10.6 Å². The average Bonchev–Trinajstić information content (AvgIpc) is 3.41. The van der Waals surface area contributed by atoms with Crippen LogP contribution in [0.2, 0.25) is 0 Å². The minimum Gasteiger partial charge on any atom is -0.351 e. The van der Waals surface area contributed by atoms with Crippen molar-refractivity contribution in [3.63, 3.8) is 0 Å². The minimum absolute atomic E-state index is 0.00342. The van der Waals surface area contributed by atoms with E-state index in [2.05, 4.69) is 25.4 Å². The molecule has 1 radical (unpaired) electrons. The van der Waals surface area contributed by atoms with Crippen molar-refractivity contribution in [1.29, 1.82) is 0 Å². The van der Waals surface area contributed by atoms with Crippen LogP contribution in [0.25, 0.3) is 5.69 Å². The Kier molecular flexibility index (Phi) is 6.34. The zero-order valence-electron chi connectivity index (χ0n) is 18.1. The van der Waals surface area contributed by atoms with Crippen LogP contribution in [0, 0.1) is 10.1 Å². The molecule has 1 fully saturated rings. The Morgan fingerprint density at radius 1 is 1.06 bits per heavy atom. The maximum absolute atomic E-state index is 11.7. The Balaban J connectivity index is 1.29. The Morgan fingerprint density at radius 2 is 1.88 bits per heavy atom. The highest BCUT2D eigenvalue weighted by atomic mass is 32.2. The van der Waals surface area contributed by atoms with Gasteiger partial charge < -0.3 is 4.90 Å². The summed E-state index contributed by atoms with van der Waals surface area (Å²) in [7, 11) is 0. The number of pyridine rings is 2. The highest BCUT2D eigenvalue weighted by Crippen LogP contribution is 2.34. The first-order chi connectivity index (χ1) is 16.7. The quantitative estimate of drug-likeness (QED) is 0.288. The third kappa shape index (κ3) is 4.99. The minimum atomic E-state index is -0.381. The first-order valence-electron chi connectivity index (χ1n) is 10.8. The Morgan fingerprint density at radius 3 is 2.56 bits per heavy atom. The third-order valence-electron chi connectivity index (χ3n) is 5.48. The number of hydrogen-bond donors (Lipinski definition) is 0. The van der Waals surface area contributed by atoms with Crippen LogP contribution >= 0.6 is 11.8 Å². The second-order valence-corrected chi connectivity index (χ2v) is 9.03. The van der Waals surface area contributed by atoms with Gasteiger partial charge in [-0.3, -0.25) is 10.1 Å². The second-order valence-electron chi connectivity index (χ2n) is 7.71. The number of piperidine rings is 1. The lowest BCUT2D eigenvalue weighted by Gasteiger charge is -2.32. The smallest absolute Gasteiger partial charge is 0.311 e. The Labute approximate surface area is 200 Å². The summed E-state index contributed by atoms with van der Waals surface area (Å²) >= 11 is 1.76. The number of rotatable bonds is 7. The molecule has 0 bridgehead atoms. The van der Waals surface area contributed by atoms with Gasteiger partial charge in [0, 0.05) is 30.6 Å². The van der Waals surface area contributed by atoms with Crippen LogP contribution in [-0.4, -0.2) is 48.0 Å². The van der Waals surface area contributed by atoms with Crippen molar-refractivity contribution in [2.75, 3.05) is 18.0 Å². The van der Waals surface area contributed by atoms with Gasteiger partial charge in [-0.05, 0) is 55.3 Å². The predicted octanol–water partition coefficient (Wildman–Crippen LogP) is 4.29. The maximum atomic E-state index is 11.7. The Hall–Kier alpha value is -3.99. The maximum Gasteiger partial charge on any atom is 0.311 e. The number of aromatic nitrogens is 5. The largest absolute Gasteiger partial charge is 0.351 e. The van der Waals surface area contributed by atoms with Crippen molar-refractivity contribution in [2.24, 2.45) is 0 Å². The molecule has 1 aliphatic heterocycles. The number of nitro groups is 1. The lowest BCUT2D eigenvalue weighted by molar-refractivity contribution is -0.384. The van der Waals surface area contributed by atoms with Gasteiger partial charge in [-0.2, -0.15) is 5.10 Å². The molecule has 0 amide bonds. The molecule has 4 heterocycles. The molecule has 171 valence electrons. The summed E-state index contributed by atoms with van der Waals surface area (Å²) in [4.78, 5) is 26.2. The van der Waals surface area contributed by atoms with E-state index < -0.39 is 0 Å². The molecular formula is C23H21N8O2S. The van der Waals surface area contributed by atoms with Crippen LogP contribution in [0.3, 0.4) is 0 Å². The number of anilines is 1. The van der Waals surface area contributed by atoms with Gasteiger partial charge in [-0.1, -0.05) is 6.07 Å². The molecule has 4 aromatic rings. The van der Waals surface area contributed by atoms with Crippen molar-refractivity contribution in [3.05, 3.63) is 83.6 Å². The zero-order chi connectivity index (χ0) is 23.3. The highest BCUT2D eigenvalue weighted by molar-refractivity contribution is 7.99. The van der Waals surface area contributed by atoms with Crippen molar-refractivity contribution in [2.45, 2.75) is 23.1 Å². The van der Waals surface area contributed by atoms with E-state index in [1.807, 2.05) is 47.4 Å². The lowest BCUT2D eigenvalue weighted by atomic mass is 10.1. The number of benzene rings is 1. The van der Waals surface area contributed by atoms with E-state index in [0.717, 1.165) is 23.6 Å². The standard InChI is InChI=1S/C23H21N8O2S/c32-31(33)20-8-9-21(27-17-4-6-18(7-5-17)30-16-24-15-26-30)28-23(20)29-13-10-19(11-14-29)34-22-3-1-2-12-25-22/h1-9,12,15-16,19H,10-11,13-14H2. The second kappa shape index (κ2) is 9.87. The summed E-state index contributed by atoms with van der Waals surface area (Å²) in [6, 6.07) is 16.4. The fourth-order valence-electron chi connectivity index (χ4n) is 3.80. The molecule has 1 saturated heterocycles. The van der Waals surface area contributed by atoms with Crippen molar-refractivity contribution in [1.82, 2.24) is 30.0 Å².